The molecule has 1 fully saturated rings. The Kier molecular flexibility index (Phi) is 6.45. The van der Waals surface area contributed by atoms with E-state index in [0.717, 1.165) is 18.4 Å². The van der Waals surface area contributed by atoms with E-state index in [1.54, 1.807) is 24.3 Å². The van der Waals surface area contributed by atoms with E-state index in [1.165, 1.54) is 24.5 Å². The molecule has 2 N–H and O–H groups in total. The molecule has 28 heavy (non-hydrogen) atoms. The fourth-order valence-corrected chi connectivity index (χ4v) is 3.39. The fourth-order valence-electron chi connectivity index (χ4n) is 2.57. The van der Waals surface area contributed by atoms with Crippen LogP contribution in [0.3, 0.4) is 0 Å². The van der Waals surface area contributed by atoms with Crippen LogP contribution < -0.4 is 20.1 Å². The molecule has 150 valence electrons. The van der Waals surface area contributed by atoms with Crippen LogP contribution in [0.1, 0.15) is 28.1 Å². The predicted molar refractivity (Wildman–Crippen MR) is 101 cm³/mol. The standard InChI is InChI=1S/C19H20F2N2O4S/c1-26-13-5-2-11(10-14(13)27-19(20)21)8-9-22-18(25)15-6-7-16(28-15)23-17(24)12-3-4-12/h2,5-7,10,12,19H,3-4,8-9H2,1H3,(H,22,25)(H,23,24). The molecule has 0 unspecified atom stereocenters. The summed E-state index contributed by atoms with van der Waals surface area (Å²) < 4.78 is 34.4. The van der Waals surface area contributed by atoms with Crippen molar-refractivity contribution >= 4 is 28.2 Å². The van der Waals surface area contributed by atoms with Crippen molar-refractivity contribution in [1.29, 1.82) is 0 Å². The smallest absolute Gasteiger partial charge is 0.387 e. The van der Waals surface area contributed by atoms with Gasteiger partial charge in [0, 0.05) is 12.5 Å². The van der Waals surface area contributed by atoms with Crippen LogP contribution in [0.25, 0.3) is 0 Å². The van der Waals surface area contributed by atoms with Gasteiger partial charge in [-0.25, -0.2) is 0 Å². The first-order chi connectivity index (χ1) is 13.5. The average molecular weight is 410 g/mol. The maximum Gasteiger partial charge on any atom is 0.387 e. The first-order valence-electron chi connectivity index (χ1n) is 8.77. The molecule has 0 saturated heterocycles. The van der Waals surface area contributed by atoms with E-state index in [0.29, 0.717) is 22.8 Å². The molecule has 1 aliphatic rings. The SMILES string of the molecule is COc1ccc(CCNC(=O)c2ccc(NC(=O)C3CC3)s2)cc1OC(F)F. The number of carbonyl (C=O) groups is 2. The number of halogens is 2. The van der Waals surface area contributed by atoms with E-state index >= 15 is 0 Å². The molecule has 6 nitrogen and oxygen atoms in total. The number of anilines is 1. The van der Waals surface area contributed by atoms with Gasteiger partial charge in [-0.15, -0.1) is 11.3 Å². The summed E-state index contributed by atoms with van der Waals surface area (Å²) in [5.41, 5.74) is 0.723. The molecule has 0 spiro atoms. The van der Waals surface area contributed by atoms with E-state index < -0.39 is 6.61 Å². The van der Waals surface area contributed by atoms with Crippen LogP contribution >= 0.6 is 11.3 Å². The van der Waals surface area contributed by atoms with Crippen LogP contribution in [0.4, 0.5) is 13.8 Å². The number of hydrogen-bond acceptors (Lipinski definition) is 5. The summed E-state index contributed by atoms with van der Waals surface area (Å²) in [5.74, 6) is 0.00973. The van der Waals surface area contributed by atoms with Crippen molar-refractivity contribution in [2.75, 3.05) is 19.0 Å². The summed E-state index contributed by atoms with van der Waals surface area (Å²) in [4.78, 5) is 24.5. The first kappa shape index (κ1) is 20.1. The summed E-state index contributed by atoms with van der Waals surface area (Å²) in [6, 6.07) is 8.10. The number of methoxy groups -OCH3 is 1. The molecular formula is C19H20F2N2O4S. The van der Waals surface area contributed by atoms with Gasteiger partial charge >= 0.3 is 6.61 Å². The maximum atomic E-state index is 12.5. The summed E-state index contributed by atoms with van der Waals surface area (Å²) in [5, 5.41) is 6.23. The van der Waals surface area contributed by atoms with Crippen LogP contribution in [-0.2, 0) is 11.2 Å². The number of amides is 2. The second kappa shape index (κ2) is 9.01. The van der Waals surface area contributed by atoms with Crippen molar-refractivity contribution in [3.63, 3.8) is 0 Å². The van der Waals surface area contributed by atoms with E-state index in [2.05, 4.69) is 15.4 Å². The monoisotopic (exact) mass is 410 g/mol. The molecule has 1 aromatic heterocycles. The number of carbonyl (C=O) groups excluding carboxylic acids is 2. The van der Waals surface area contributed by atoms with Crippen molar-refractivity contribution in [1.82, 2.24) is 5.32 Å². The van der Waals surface area contributed by atoms with Crippen molar-refractivity contribution in [3.05, 3.63) is 40.8 Å². The maximum absolute atomic E-state index is 12.5. The highest BCUT2D eigenvalue weighted by Gasteiger charge is 2.29. The lowest BCUT2D eigenvalue weighted by atomic mass is 10.1. The zero-order valence-electron chi connectivity index (χ0n) is 15.2. The normalized spacial score (nSPS) is 13.3. The van der Waals surface area contributed by atoms with Gasteiger partial charge in [-0.05, 0) is 49.1 Å². The van der Waals surface area contributed by atoms with Gasteiger partial charge in [0.1, 0.15) is 0 Å². The van der Waals surface area contributed by atoms with Crippen molar-refractivity contribution in [3.8, 4) is 11.5 Å². The molecule has 2 aromatic rings. The molecule has 0 bridgehead atoms. The van der Waals surface area contributed by atoms with Gasteiger partial charge in [0.25, 0.3) is 5.91 Å². The van der Waals surface area contributed by atoms with Crippen molar-refractivity contribution in [2.24, 2.45) is 5.92 Å². The molecule has 1 saturated carbocycles. The number of ether oxygens (including phenoxy) is 2. The van der Waals surface area contributed by atoms with Gasteiger partial charge in [-0.1, -0.05) is 6.07 Å². The highest BCUT2D eigenvalue weighted by Crippen LogP contribution is 2.32. The van der Waals surface area contributed by atoms with Gasteiger partial charge in [0.15, 0.2) is 11.5 Å². The lowest BCUT2D eigenvalue weighted by Gasteiger charge is -2.11. The Labute approximate surface area is 164 Å². The second-order valence-electron chi connectivity index (χ2n) is 6.30. The Morgan fingerprint density at radius 3 is 2.68 bits per heavy atom. The van der Waals surface area contributed by atoms with Gasteiger partial charge in [-0.2, -0.15) is 8.78 Å². The van der Waals surface area contributed by atoms with Gasteiger partial charge < -0.3 is 20.1 Å². The molecule has 3 rings (SSSR count). The van der Waals surface area contributed by atoms with E-state index in [1.807, 2.05) is 0 Å². The van der Waals surface area contributed by atoms with E-state index in [-0.39, 0.29) is 29.2 Å². The van der Waals surface area contributed by atoms with Crippen LogP contribution in [0.5, 0.6) is 11.5 Å². The molecule has 1 heterocycles. The third kappa shape index (κ3) is 5.41. The van der Waals surface area contributed by atoms with Crippen LogP contribution in [-0.4, -0.2) is 32.1 Å². The molecule has 0 aliphatic heterocycles. The minimum atomic E-state index is -2.95. The van der Waals surface area contributed by atoms with Gasteiger partial charge in [0.2, 0.25) is 5.91 Å². The van der Waals surface area contributed by atoms with Crippen molar-refractivity contribution in [2.45, 2.75) is 25.9 Å². The summed E-state index contributed by atoms with van der Waals surface area (Å²) in [6.07, 6.45) is 2.27. The number of alkyl halides is 2. The van der Waals surface area contributed by atoms with Crippen molar-refractivity contribution < 1.29 is 27.8 Å². The summed E-state index contributed by atoms with van der Waals surface area (Å²) >= 11 is 1.21. The van der Waals surface area contributed by atoms with Crippen LogP contribution in [0, 0.1) is 5.92 Å². The molecule has 0 atom stereocenters. The lowest BCUT2D eigenvalue weighted by Crippen LogP contribution is -2.24. The minimum absolute atomic E-state index is 0.00450. The molecular weight excluding hydrogens is 390 g/mol. The Hall–Kier alpha value is -2.68. The number of hydrogen-bond donors (Lipinski definition) is 2. The zero-order valence-corrected chi connectivity index (χ0v) is 16.0. The highest BCUT2D eigenvalue weighted by atomic mass is 32.1. The fraction of sp³-hybridized carbons (Fsp3) is 0.368. The third-order valence-electron chi connectivity index (χ3n) is 4.17. The minimum Gasteiger partial charge on any atom is -0.493 e. The highest BCUT2D eigenvalue weighted by molar-refractivity contribution is 7.18. The predicted octanol–water partition coefficient (Wildman–Crippen LogP) is 3.68. The van der Waals surface area contributed by atoms with Crippen LogP contribution in [0.2, 0.25) is 0 Å². The van der Waals surface area contributed by atoms with Gasteiger partial charge in [0.05, 0.1) is 17.0 Å². The van der Waals surface area contributed by atoms with E-state index in [9.17, 15) is 18.4 Å². The Morgan fingerprint density at radius 2 is 2.00 bits per heavy atom. The average Bonchev–Trinajstić information content (AvgIpc) is 3.41. The third-order valence-corrected chi connectivity index (χ3v) is 5.17. The Balaban J connectivity index is 1.51. The zero-order chi connectivity index (χ0) is 20.1. The summed E-state index contributed by atoms with van der Waals surface area (Å²) in [6.45, 7) is -2.63. The number of rotatable bonds is 9. The molecule has 1 aromatic carbocycles. The summed E-state index contributed by atoms with van der Waals surface area (Å²) in [7, 11) is 1.37. The molecule has 1 aliphatic carbocycles. The Bertz CT molecular complexity index is 852. The van der Waals surface area contributed by atoms with Gasteiger partial charge in [-0.3, -0.25) is 9.59 Å². The largest absolute Gasteiger partial charge is 0.493 e. The second-order valence-corrected chi connectivity index (χ2v) is 7.38. The topological polar surface area (TPSA) is 76.7 Å². The lowest BCUT2D eigenvalue weighted by molar-refractivity contribution is -0.117. The number of nitrogens with one attached hydrogen (secondary N) is 2. The number of thiophene rings is 1. The first-order valence-corrected chi connectivity index (χ1v) is 9.58. The van der Waals surface area contributed by atoms with Crippen LogP contribution in [0.15, 0.2) is 30.3 Å². The molecule has 2 amide bonds. The molecule has 0 radical (unpaired) electrons. The molecule has 9 heteroatoms. The van der Waals surface area contributed by atoms with E-state index in [4.69, 9.17) is 4.74 Å². The number of benzene rings is 1. The Morgan fingerprint density at radius 1 is 1.21 bits per heavy atom. The quantitative estimate of drug-likeness (QED) is 0.661.